The van der Waals surface area contributed by atoms with E-state index in [4.69, 9.17) is 4.74 Å². The number of rotatable bonds is 6. The SMILES string of the molecule is CCCN(C(=O)CCC(=O)OC(C)(C)C)C1CC1. The molecule has 1 saturated carbocycles. The van der Waals surface area contributed by atoms with Crippen LogP contribution in [0.4, 0.5) is 0 Å². The molecular weight excluding hydrogens is 230 g/mol. The molecular formula is C14H25NO3. The van der Waals surface area contributed by atoms with Gasteiger partial charge in [-0.05, 0) is 40.0 Å². The van der Waals surface area contributed by atoms with Gasteiger partial charge >= 0.3 is 5.97 Å². The summed E-state index contributed by atoms with van der Waals surface area (Å²) in [7, 11) is 0. The Kier molecular flexibility index (Phi) is 5.17. The van der Waals surface area contributed by atoms with Gasteiger partial charge in [-0.3, -0.25) is 9.59 Å². The maximum absolute atomic E-state index is 12.0. The summed E-state index contributed by atoms with van der Waals surface area (Å²) in [6, 6.07) is 0.427. The maximum Gasteiger partial charge on any atom is 0.306 e. The van der Waals surface area contributed by atoms with Crippen LogP contribution in [-0.4, -0.2) is 35.0 Å². The van der Waals surface area contributed by atoms with Crippen LogP contribution in [0.1, 0.15) is 59.8 Å². The van der Waals surface area contributed by atoms with Gasteiger partial charge in [0.2, 0.25) is 5.91 Å². The minimum absolute atomic E-state index is 0.0882. The zero-order chi connectivity index (χ0) is 13.8. The first-order chi connectivity index (χ1) is 8.33. The Labute approximate surface area is 110 Å². The normalized spacial score (nSPS) is 15.3. The average Bonchev–Trinajstić information content (AvgIpc) is 3.04. The molecule has 0 N–H and O–H groups in total. The monoisotopic (exact) mass is 255 g/mol. The zero-order valence-corrected chi connectivity index (χ0v) is 12.0. The third-order valence-electron chi connectivity index (χ3n) is 2.74. The van der Waals surface area contributed by atoms with Crippen molar-refractivity contribution in [2.24, 2.45) is 0 Å². The molecule has 0 atom stereocenters. The Hall–Kier alpha value is -1.06. The lowest BCUT2D eigenvalue weighted by molar-refractivity contribution is -0.156. The molecule has 0 radical (unpaired) electrons. The van der Waals surface area contributed by atoms with E-state index < -0.39 is 5.60 Å². The summed E-state index contributed by atoms with van der Waals surface area (Å²) in [6.45, 7) is 8.37. The first kappa shape index (κ1) is 15.0. The van der Waals surface area contributed by atoms with Crippen LogP contribution >= 0.6 is 0 Å². The minimum atomic E-state index is -0.472. The van der Waals surface area contributed by atoms with Gasteiger partial charge in [0, 0.05) is 19.0 Å². The third-order valence-corrected chi connectivity index (χ3v) is 2.74. The van der Waals surface area contributed by atoms with Crippen LogP contribution in [0.25, 0.3) is 0 Å². The summed E-state index contributed by atoms with van der Waals surface area (Å²) in [5.74, 6) is -0.201. The summed E-state index contributed by atoms with van der Waals surface area (Å²) in [5.41, 5.74) is -0.472. The number of nitrogens with zero attached hydrogens (tertiary/aromatic N) is 1. The highest BCUT2D eigenvalue weighted by molar-refractivity contribution is 5.81. The third kappa shape index (κ3) is 5.52. The van der Waals surface area contributed by atoms with Crippen LogP contribution < -0.4 is 0 Å². The van der Waals surface area contributed by atoms with Crippen LogP contribution in [0, 0.1) is 0 Å². The average molecular weight is 255 g/mol. The number of amides is 1. The Morgan fingerprint density at radius 2 is 1.83 bits per heavy atom. The first-order valence-electron chi connectivity index (χ1n) is 6.85. The van der Waals surface area contributed by atoms with Crippen molar-refractivity contribution >= 4 is 11.9 Å². The van der Waals surface area contributed by atoms with Crippen LogP contribution in [0.5, 0.6) is 0 Å². The molecule has 0 spiro atoms. The fourth-order valence-electron chi connectivity index (χ4n) is 1.88. The molecule has 104 valence electrons. The van der Waals surface area contributed by atoms with Gasteiger partial charge in [0.15, 0.2) is 0 Å². The number of carbonyl (C=O) groups excluding carboxylic acids is 2. The van der Waals surface area contributed by atoms with Crippen LogP contribution in [-0.2, 0) is 14.3 Å². The quantitative estimate of drug-likeness (QED) is 0.685. The van der Waals surface area contributed by atoms with E-state index in [2.05, 4.69) is 6.92 Å². The molecule has 0 saturated heterocycles. The smallest absolute Gasteiger partial charge is 0.306 e. The number of hydrogen-bond donors (Lipinski definition) is 0. The standard InChI is InChI=1S/C14H25NO3/c1-5-10-15(11-6-7-11)12(16)8-9-13(17)18-14(2,3)4/h11H,5-10H2,1-4H3. The van der Waals surface area contributed by atoms with Gasteiger partial charge in [-0.15, -0.1) is 0 Å². The highest BCUT2D eigenvalue weighted by Crippen LogP contribution is 2.27. The second-order valence-electron chi connectivity index (χ2n) is 5.90. The lowest BCUT2D eigenvalue weighted by Gasteiger charge is -2.22. The number of ether oxygens (including phenoxy) is 1. The van der Waals surface area contributed by atoms with Gasteiger partial charge in [-0.2, -0.15) is 0 Å². The second kappa shape index (κ2) is 6.21. The van der Waals surface area contributed by atoms with E-state index in [0.717, 1.165) is 25.8 Å². The maximum atomic E-state index is 12.0. The van der Waals surface area contributed by atoms with Crippen molar-refractivity contribution in [3.05, 3.63) is 0 Å². The van der Waals surface area contributed by atoms with E-state index in [1.165, 1.54) is 0 Å². The molecule has 0 unspecified atom stereocenters. The molecule has 0 aromatic rings. The van der Waals surface area contributed by atoms with Gasteiger partial charge in [0.1, 0.15) is 5.60 Å². The van der Waals surface area contributed by atoms with Gasteiger partial charge in [-0.25, -0.2) is 0 Å². The van der Waals surface area contributed by atoms with E-state index in [1.807, 2.05) is 25.7 Å². The lowest BCUT2D eigenvalue weighted by atomic mass is 10.2. The van der Waals surface area contributed by atoms with Crippen molar-refractivity contribution in [1.82, 2.24) is 4.90 Å². The van der Waals surface area contributed by atoms with Crippen molar-refractivity contribution < 1.29 is 14.3 Å². The second-order valence-corrected chi connectivity index (χ2v) is 5.90. The molecule has 1 amide bonds. The van der Waals surface area contributed by atoms with Crippen LogP contribution in [0.3, 0.4) is 0 Å². The summed E-state index contributed by atoms with van der Waals surface area (Å²) < 4.78 is 5.19. The predicted octanol–water partition coefficient (Wildman–Crippen LogP) is 2.51. The van der Waals surface area contributed by atoms with E-state index >= 15 is 0 Å². The molecule has 1 aliphatic carbocycles. The van der Waals surface area contributed by atoms with Crippen molar-refractivity contribution in [2.45, 2.75) is 71.4 Å². The number of carbonyl (C=O) groups is 2. The lowest BCUT2D eigenvalue weighted by Crippen LogP contribution is -2.34. The fraction of sp³-hybridized carbons (Fsp3) is 0.857. The molecule has 1 rings (SSSR count). The van der Waals surface area contributed by atoms with E-state index in [9.17, 15) is 9.59 Å². The van der Waals surface area contributed by atoms with Crippen LogP contribution in [0.2, 0.25) is 0 Å². The molecule has 0 aromatic carbocycles. The predicted molar refractivity (Wildman–Crippen MR) is 70.1 cm³/mol. The Balaban J connectivity index is 2.33. The minimum Gasteiger partial charge on any atom is -0.460 e. The van der Waals surface area contributed by atoms with E-state index in [0.29, 0.717) is 6.04 Å². The summed E-state index contributed by atoms with van der Waals surface area (Å²) in [5, 5.41) is 0. The summed E-state index contributed by atoms with van der Waals surface area (Å²) in [6.07, 6.45) is 3.64. The first-order valence-corrected chi connectivity index (χ1v) is 6.85. The van der Waals surface area contributed by atoms with Crippen molar-refractivity contribution in [1.29, 1.82) is 0 Å². The molecule has 0 aromatic heterocycles. The molecule has 4 heteroatoms. The molecule has 1 fully saturated rings. The number of esters is 1. The van der Waals surface area contributed by atoms with Gasteiger partial charge in [0.05, 0.1) is 6.42 Å². The largest absolute Gasteiger partial charge is 0.460 e. The van der Waals surface area contributed by atoms with Gasteiger partial charge < -0.3 is 9.64 Å². The Bertz CT molecular complexity index is 303. The van der Waals surface area contributed by atoms with Crippen molar-refractivity contribution in [2.75, 3.05) is 6.54 Å². The highest BCUT2D eigenvalue weighted by Gasteiger charge is 2.31. The Morgan fingerprint density at radius 3 is 2.28 bits per heavy atom. The molecule has 0 aliphatic heterocycles. The summed E-state index contributed by atoms with van der Waals surface area (Å²) >= 11 is 0. The highest BCUT2D eigenvalue weighted by atomic mass is 16.6. The topological polar surface area (TPSA) is 46.6 Å². The Morgan fingerprint density at radius 1 is 1.22 bits per heavy atom. The van der Waals surface area contributed by atoms with E-state index in [1.54, 1.807) is 0 Å². The van der Waals surface area contributed by atoms with Gasteiger partial charge in [-0.1, -0.05) is 6.92 Å². The van der Waals surface area contributed by atoms with E-state index in [-0.39, 0.29) is 24.7 Å². The molecule has 1 aliphatic rings. The molecule has 0 bridgehead atoms. The van der Waals surface area contributed by atoms with Gasteiger partial charge in [0.25, 0.3) is 0 Å². The van der Waals surface area contributed by atoms with Crippen molar-refractivity contribution in [3.8, 4) is 0 Å². The molecule has 4 nitrogen and oxygen atoms in total. The van der Waals surface area contributed by atoms with Crippen molar-refractivity contribution in [3.63, 3.8) is 0 Å². The fourth-order valence-corrected chi connectivity index (χ4v) is 1.88. The zero-order valence-electron chi connectivity index (χ0n) is 12.0. The van der Waals surface area contributed by atoms with Crippen LogP contribution in [0.15, 0.2) is 0 Å². The molecule has 18 heavy (non-hydrogen) atoms. The molecule has 0 heterocycles. The summed E-state index contributed by atoms with van der Waals surface area (Å²) in [4.78, 5) is 25.5. The number of hydrogen-bond acceptors (Lipinski definition) is 3.